The first-order chi connectivity index (χ1) is 24.8. The van der Waals surface area contributed by atoms with E-state index in [0.717, 1.165) is 30.0 Å². The number of nitrogens with zero attached hydrogens (tertiary/aromatic N) is 2. The van der Waals surface area contributed by atoms with Crippen molar-refractivity contribution >= 4 is 40.1 Å². The first-order valence-electron chi connectivity index (χ1n) is 17.5. The summed E-state index contributed by atoms with van der Waals surface area (Å²) in [4.78, 5) is 8.78. The van der Waals surface area contributed by atoms with Crippen LogP contribution in [0.5, 0.6) is 0 Å². The van der Waals surface area contributed by atoms with Crippen LogP contribution in [0.25, 0.3) is 44.2 Å². The second kappa shape index (κ2) is 12.0. The number of hydrogen-bond acceptors (Lipinski definition) is 3. The molecule has 0 radical (unpaired) electrons. The Morgan fingerprint density at radius 1 is 0.560 bits per heavy atom. The molecule has 7 aromatic rings. The van der Waals surface area contributed by atoms with Crippen LogP contribution >= 0.6 is 11.8 Å². The molecule has 0 amide bonds. The minimum absolute atomic E-state index is 0.304. The molecule has 3 aliphatic rings. The summed E-state index contributed by atoms with van der Waals surface area (Å²) in [6.45, 7) is 0. The average Bonchev–Trinajstić information content (AvgIpc) is 3.56. The minimum Gasteiger partial charge on any atom is -0.295 e. The molecule has 7 aromatic carbocycles. The lowest BCUT2D eigenvalue weighted by Gasteiger charge is -2.29. The third-order valence-electron chi connectivity index (χ3n) is 10.6. The number of benzene rings is 7. The van der Waals surface area contributed by atoms with Crippen molar-refractivity contribution in [2.45, 2.75) is 28.9 Å². The Balaban J connectivity index is 1.00. The molecule has 50 heavy (non-hydrogen) atoms. The summed E-state index contributed by atoms with van der Waals surface area (Å²) < 4.78 is 0. The Hall–Kier alpha value is -5.64. The number of thioether (sulfide) groups is 1. The molecule has 1 aliphatic carbocycles. The van der Waals surface area contributed by atoms with Crippen LogP contribution < -0.4 is 4.90 Å². The zero-order valence-electron chi connectivity index (χ0n) is 27.5. The van der Waals surface area contributed by atoms with Crippen molar-refractivity contribution in [2.24, 2.45) is 4.99 Å². The normalized spacial score (nSPS) is 17.0. The van der Waals surface area contributed by atoms with Gasteiger partial charge in [0.05, 0.1) is 0 Å². The number of aliphatic imine (C=N–C) groups is 1. The molecule has 0 saturated carbocycles. The van der Waals surface area contributed by atoms with Crippen LogP contribution in [0.15, 0.2) is 180 Å². The molecule has 3 heteroatoms. The second-order valence-electron chi connectivity index (χ2n) is 13.4. The van der Waals surface area contributed by atoms with E-state index in [4.69, 9.17) is 4.99 Å². The van der Waals surface area contributed by atoms with Gasteiger partial charge in [-0.15, -0.1) is 11.8 Å². The zero-order chi connectivity index (χ0) is 33.0. The van der Waals surface area contributed by atoms with E-state index < -0.39 is 0 Å². The molecule has 2 atom stereocenters. The lowest BCUT2D eigenvalue weighted by molar-refractivity contribution is 0.906. The standard InChI is InChI=1S/C47H34N2S/c1-2-8-31(9-3-1)32-14-21-37(22-15-32)49(47-29-46-44(30-48-47)43-12-6-7-13-45(43)50-46)38-23-16-33(17-24-38)35-19-25-40-36(28-35)20-27-41-39-11-5-4-10-34(39)18-26-42(40)41/h1-17,19-25,27-30,44,46H,18,26H2. The van der Waals surface area contributed by atoms with Gasteiger partial charge in [0.15, 0.2) is 0 Å². The van der Waals surface area contributed by atoms with E-state index in [1.165, 1.54) is 65.7 Å². The van der Waals surface area contributed by atoms with Crippen molar-refractivity contribution in [3.63, 3.8) is 0 Å². The predicted octanol–water partition coefficient (Wildman–Crippen LogP) is 12.3. The van der Waals surface area contributed by atoms with E-state index >= 15 is 0 Å². The van der Waals surface area contributed by atoms with Crippen LogP contribution in [0.1, 0.15) is 22.6 Å². The SMILES string of the molecule is C1=NC(N(c2ccc(-c3ccccc3)cc2)c2ccc(-c3ccc4c5c(ccc4c3)-c3ccccc3CC5)cc2)=CC2Sc3ccccc3C12. The van der Waals surface area contributed by atoms with Crippen molar-refractivity contribution < 1.29 is 0 Å². The number of hydrogen-bond donors (Lipinski definition) is 0. The fourth-order valence-electron chi connectivity index (χ4n) is 8.05. The Kier molecular flexibility index (Phi) is 7.06. The zero-order valence-corrected chi connectivity index (χ0v) is 28.4. The maximum absolute atomic E-state index is 5.12. The Morgan fingerprint density at radius 3 is 2.06 bits per heavy atom. The van der Waals surface area contributed by atoms with E-state index in [1.54, 1.807) is 0 Å². The van der Waals surface area contributed by atoms with Crippen molar-refractivity contribution in [1.82, 2.24) is 0 Å². The van der Waals surface area contributed by atoms with E-state index in [0.29, 0.717) is 11.2 Å². The lowest BCUT2D eigenvalue weighted by atomic mass is 9.83. The van der Waals surface area contributed by atoms with Gasteiger partial charge in [-0.2, -0.15) is 0 Å². The average molecular weight is 659 g/mol. The van der Waals surface area contributed by atoms with Gasteiger partial charge < -0.3 is 0 Å². The molecule has 2 aliphatic heterocycles. The molecule has 0 saturated heterocycles. The topological polar surface area (TPSA) is 15.6 Å². The fourth-order valence-corrected chi connectivity index (χ4v) is 9.39. The summed E-state index contributed by atoms with van der Waals surface area (Å²) in [7, 11) is 0. The maximum atomic E-state index is 5.12. The van der Waals surface area contributed by atoms with Gasteiger partial charge in [-0.25, -0.2) is 4.99 Å². The lowest BCUT2D eigenvalue weighted by Crippen LogP contribution is -2.22. The van der Waals surface area contributed by atoms with Gasteiger partial charge >= 0.3 is 0 Å². The summed E-state index contributed by atoms with van der Waals surface area (Å²) in [6, 6.07) is 57.7. The van der Waals surface area contributed by atoms with Gasteiger partial charge in [-0.1, -0.05) is 121 Å². The molecule has 2 nitrogen and oxygen atoms in total. The quantitative estimate of drug-likeness (QED) is 0.183. The number of anilines is 2. The molecule has 10 rings (SSSR count). The summed E-state index contributed by atoms with van der Waals surface area (Å²) in [5.74, 6) is 1.27. The molecular formula is C47H34N2S. The summed E-state index contributed by atoms with van der Waals surface area (Å²) in [6.07, 6.45) is 6.70. The first kappa shape index (κ1) is 29.3. The Labute approximate surface area is 297 Å². The van der Waals surface area contributed by atoms with E-state index in [2.05, 4.69) is 175 Å². The molecule has 0 N–H and O–H groups in total. The highest BCUT2D eigenvalue weighted by molar-refractivity contribution is 8.00. The van der Waals surface area contributed by atoms with Crippen molar-refractivity contribution in [3.05, 3.63) is 186 Å². The highest BCUT2D eigenvalue weighted by Crippen LogP contribution is 2.48. The summed E-state index contributed by atoms with van der Waals surface area (Å²) >= 11 is 1.94. The van der Waals surface area contributed by atoms with E-state index in [-0.39, 0.29) is 0 Å². The monoisotopic (exact) mass is 658 g/mol. The van der Waals surface area contributed by atoms with Gasteiger partial charge in [0.25, 0.3) is 0 Å². The van der Waals surface area contributed by atoms with E-state index in [1.807, 2.05) is 11.8 Å². The molecule has 0 fully saturated rings. The fraction of sp³-hybridized carbons (Fsp3) is 0.0851. The maximum Gasteiger partial charge on any atom is 0.134 e. The van der Waals surface area contributed by atoms with Gasteiger partial charge in [-0.3, -0.25) is 4.90 Å². The second-order valence-corrected chi connectivity index (χ2v) is 14.6. The molecule has 2 heterocycles. The Morgan fingerprint density at radius 2 is 1.24 bits per heavy atom. The number of rotatable bonds is 5. The van der Waals surface area contributed by atoms with Crippen LogP contribution in [0, 0.1) is 0 Å². The number of fused-ring (bicyclic) bond motifs is 8. The van der Waals surface area contributed by atoms with Crippen LogP contribution in [0.3, 0.4) is 0 Å². The molecule has 0 bridgehead atoms. The van der Waals surface area contributed by atoms with Crippen LogP contribution in [-0.4, -0.2) is 11.5 Å². The Bertz CT molecular complexity index is 2460. The smallest absolute Gasteiger partial charge is 0.134 e. The highest BCUT2D eigenvalue weighted by Gasteiger charge is 2.34. The summed E-state index contributed by atoms with van der Waals surface area (Å²) in [5, 5.41) is 2.99. The third kappa shape index (κ3) is 5.00. The van der Waals surface area contributed by atoms with Crippen molar-refractivity contribution in [2.75, 3.05) is 4.90 Å². The van der Waals surface area contributed by atoms with Crippen LogP contribution in [-0.2, 0) is 12.8 Å². The van der Waals surface area contributed by atoms with Gasteiger partial charge in [0.2, 0.25) is 0 Å². The highest BCUT2D eigenvalue weighted by atomic mass is 32.2. The third-order valence-corrected chi connectivity index (χ3v) is 11.9. The van der Waals surface area contributed by atoms with E-state index in [9.17, 15) is 0 Å². The largest absolute Gasteiger partial charge is 0.295 e. The molecule has 238 valence electrons. The molecular weight excluding hydrogens is 625 g/mol. The van der Waals surface area contributed by atoms with Crippen LogP contribution in [0.2, 0.25) is 0 Å². The van der Waals surface area contributed by atoms with Crippen molar-refractivity contribution in [3.8, 4) is 33.4 Å². The summed E-state index contributed by atoms with van der Waals surface area (Å²) in [5.41, 5.74) is 14.1. The predicted molar refractivity (Wildman–Crippen MR) is 212 cm³/mol. The van der Waals surface area contributed by atoms with Crippen molar-refractivity contribution in [1.29, 1.82) is 0 Å². The first-order valence-corrected chi connectivity index (χ1v) is 18.4. The molecule has 2 unspecified atom stereocenters. The molecule has 0 spiro atoms. The van der Waals surface area contributed by atoms with Gasteiger partial charge in [0, 0.05) is 33.7 Å². The minimum atomic E-state index is 0.304. The van der Waals surface area contributed by atoms with Gasteiger partial charge in [-0.05, 0) is 116 Å². The van der Waals surface area contributed by atoms with Gasteiger partial charge in [0.1, 0.15) is 5.82 Å². The molecule has 0 aromatic heterocycles. The van der Waals surface area contributed by atoms with Crippen LogP contribution in [0.4, 0.5) is 11.4 Å². The number of aryl methyl sites for hydroxylation is 2.